The van der Waals surface area contributed by atoms with Gasteiger partial charge in [0.05, 0.1) is 0 Å². The standard InChI is InChI=1S/C16H30N2O2/c1-16(2,3)20-15(19)18-14-6-4-5-13(11-14)17-10-9-12-7-8-12/h12-14,17H,4-11H2,1-3H3,(H,18,19). The number of carbonyl (C=O) groups is 1. The topological polar surface area (TPSA) is 50.4 Å². The Bertz CT molecular complexity index is 321. The Morgan fingerprint density at radius 3 is 2.50 bits per heavy atom. The molecule has 0 radical (unpaired) electrons. The zero-order valence-electron chi connectivity index (χ0n) is 13.2. The molecule has 1 amide bonds. The Kier molecular flexibility index (Phi) is 5.30. The number of nitrogens with one attached hydrogen (secondary N) is 2. The molecule has 116 valence electrons. The molecule has 0 saturated heterocycles. The van der Waals surface area contributed by atoms with E-state index in [9.17, 15) is 4.79 Å². The van der Waals surface area contributed by atoms with Crippen molar-refractivity contribution >= 4 is 6.09 Å². The second-order valence-corrected chi connectivity index (χ2v) is 7.39. The van der Waals surface area contributed by atoms with E-state index in [0.29, 0.717) is 6.04 Å². The van der Waals surface area contributed by atoms with Crippen molar-refractivity contribution in [1.29, 1.82) is 0 Å². The van der Waals surface area contributed by atoms with Crippen molar-refractivity contribution in [3.8, 4) is 0 Å². The van der Waals surface area contributed by atoms with Crippen LogP contribution in [0.25, 0.3) is 0 Å². The predicted molar refractivity (Wildman–Crippen MR) is 80.8 cm³/mol. The number of hydrogen-bond acceptors (Lipinski definition) is 3. The van der Waals surface area contributed by atoms with Gasteiger partial charge in [0.1, 0.15) is 5.60 Å². The number of ether oxygens (including phenoxy) is 1. The summed E-state index contributed by atoms with van der Waals surface area (Å²) in [5.74, 6) is 0.988. The van der Waals surface area contributed by atoms with Crippen molar-refractivity contribution in [2.45, 2.75) is 83.4 Å². The summed E-state index contributed by atoms with van der Waals surface area (Å²) in [6.45, 7) is 6.83. The Morgan fingerprint density at radius 1 is 1.15 bits per heavy atom. The van der Waals surface area contributed by atoms with Crippen LogP contribution in [-0.2, 0) is 4.74 Å². The molecule has 2 unspecified atom stereocenters. The minimum Gasteiger partial charge on any atom is -0.444 e. The van der Waals surface area contributed by atoms with Gasteiger partial charge in [-0.15, -0.1) is 0 Å². The summed E-state index contributed by atoms with van der Waals surface area (Å²) in [4.78, 5) is 11.8. The number of alkyl carbamates (subject to hydrolysis) is 1. The van der Waals surface area contributed by atoms with Gasteiger partial charge in [0, 0.05) is 12.1 Å². The molecule has 4 nitrogen and oxygen atoms in total. The van der Waals surface area contributed by atoms with E-state index in [4.69, 9.17) is 4.74 Å². The van der Waals surface area contributed by atoms with Crippen LogP contribution in [-0.4, -0.2) is 30.3 Å². The second-order valence-electron chi connectivity index (χ2n) is 7.39. The summed E-state index contributed by atoms with van der Waals surface area (Å²) in [7, 11) is 0. The lowest BCUT2D eigenvalue weighted by Gasteiger charge is -2.31. The summed E-state index contributed by atoms with van der Waals surface area (Å²) in [5, 5.41) is 6.67. The molecule has 2 N–H and O–H groups in total. The molecule has 2 aliphatic rings. The minimum atomic E-state index is -0.416. The predicted octanol–water partition coefficient (Wildman–Crippen LogP) is 3.21. The third kappa shape index (κ3) is 6.12. The van der Waals surface area contributed by atoms with Crippen molar-refractivity contribution in [1.82, 2.24) is 10.6 Å². The van der Waals surface area contributed by atoms with Crippen molar-refractivity contribution in [3.05, 3.63) is 0 Å². The minimum absolute atomic E-state index is 0.261. The van der Waals surface area contributed by atoms with Gasteiger partial charge in [-0.2, -0.15) is 0 Å². The molecule has 2 saturated carbocycles. The highest BCUT2D eigenvalue weighted by Gasteiger charge is 2.26. The van der Waals surface area contributed by atoms with E-state index in [2.05, 4.69) is 10.6 Å². The highest BCUT2D eigenvalue weighted by molar-refractivity contribution is 5.68. The van der Waals surface area contributed by atoms with Gasteiger partial charge >= 0.3 is 6.09 Å². The first-order chi connectivity index (χ1) is 9.42. The van der Waals surface area contributed by atoms with Crippen LogP contribution in [0.5, 0.6) is 0 Å². The summed E-state index contributed by atoms with van der Waals surface area (Å²) >= 11 is 0. The van der Waals surface area contributed by atoms with Gasteiger partial charge in [-0.05, 0) is 65.3 Å². The monoisotopic (exact) mass is 282 g/mol. The molecular weight excluding hydrogens is 252 g/mol. The van der Waals surface area contributed by atoms with Gasteiger partial charge in [-0.3, -0.25) is 0 Å². The summed E-state index contributed by atoms with van der Waals surface area (Å²) < 4.78 is 5.33. The fourth-order valence-corrected chi connectivity index (χ4v) is 2.88. The zero-order valence-corrected chi connectivity index (χ0v) is 13.2. The van der Waals surface area contributed by atoms with Gasteiger partial charge in [-0.25, -0.2) is 4.79 Å². The number of carbonyl (C=O) groups excluding carboxylic acids is 1. The lowest BCUT2D eigenvalue weighted by Crippen LogP contribution is -2.45. The lowest BCUT2D eigenvalue weighted by atomic mass is 9.91. The van der Waals surface area contributed by atoms with Crippen LogP contribution in [0, 0.1) is 5.92 Å². The highest BCUT2D eigenvalue weighted by atomic mass is 16.6. The summed E-state index contributed by atoms with van der Waals surface area (Å²) in [5.41, 5.74) is -0.416. The van der Waals surface area contributed by atoms with Crippen LogP contribution in [0.2, 0.25) is 0 Å². The molecule has 0 aromatic carbocycles. The van der Waals surface area contributed by atoms with Crippen LogP contribution in [0.15, 0.2) is 0 Å². The van der Waals surface area contributed by atoms with E-state index in [1.807, 2.05) is 20.8 Å². The van der Waals surface area contributed by atoms with Crippen LogP contribution in [0.1, 0.15) is 65.7 Å². The Morgan fingerprint density at radius 2 is 1.85 bits per heavy atom. The van der Waals surface area contributed by atoms with Crippen LogP contribution < -0.4 is 10.6 Å². The quantitative estimate of drug-likeness (QED) is 0.814. The maximum atomic E-state index is 11.8. The average Bonchev–Trinajstić information content (AvgIpc) is 3.10. The van der Waals surface area contributed by atoms with Crippen molar-refractivity contribution in [3.63, 3.8) is 0 Å². The molecule has 0 aromatic heterocycles. The summed E-state index contributed by atoms with van der Waals surface area (Å²) in [6, 6.07) is 0.819. The molecule has 0 spiro atoms. The fourth-order valence-electron chi connectivity index (χ4n) is 2.88. The Hall–Kier alpha value is -0.770. The molecule has 20 heavy (non-hydrogen) atoms. The number of amides is 1. The molecule has 0 heterocycles. The molecule has 2 atom stereocenters. The van der Waals surface area contributed by atoms with Crippen LogP contribution in [0.4, 0.5) is 4.79 Å². The van der Waals surface area contributed by atoms with Gasteiger partial charge in [-0.1, -0.05) is 12.8 Å². The third-order valence-corrected chi connectivity index (χ3v) is 4.08. The van der Waals surface area contributed by atoms with E-state index in [0.717, 1.165) is 25.3 Å². The Balaban J connectivity index is 1.65. The number of hydrogen-bond donors (Lipinski definition) is 2. The first-order valence-corrected chi connectivity index (χ1v) is 8.15. The largest absolute Gasteiger partial charge is 0.444 e. The molecule has 0 aliphatic heterocycles. The smallest absolute Gasteiger partial charge is 0.407 e. The van der Waals surface area contributed by atoms with E-state index in [1.54, 1.807) is 0 Å². The van der Waals surface area contributed by atoms with Gasteiger partial charge in [0.25, 0.3) is 0 Å². The molecule has 4 heteroatoms. The third-order valence-electron chi connectivity index (χ3n) is 4.08. The maximum absolute atomic E-state index is 11.8. The fraction of sp³-hybridized carbons (Fsp3) is 0.938. The first kappa shape index (κ1) is 15.6. The second kappa shape index (κ2) is 6.79. The molecule has 2 aliphatic carbocycles. The summed E-state index contributed by atoms with van der Waals surface area (Å²) in [6.07, 6.45) is 8.41. The SMILES string of the molecule is CC(C)(C)OC(=O)NC1CCCC(NCCC2CC2)C1. The molecule has 0 aromatic rings. The van der Waals surface area contributed by atoms with E-state index in [1.165, 1.54) is 32.1 Å². The van der Waals surface area contributed by atoms with Crippen molar-refractivity contribution < 1.29 is 9.53 Å². The van der Waals surface area contributed by atoms with Gasteiger partial charge < -0.3 is 15.4 Å². The van der Waals surface area contributed by atoms with Gasteiger partial charge in [0.2, 0.25) is 0 Å². The van der Waals surface area contributed by atoms with Crippen molar-refractivity contribution in [2.24, 2.45) is 5.92 Å². The molecule has 0 bridgehead atoms. The van der Waals surface area contributed by atoms with E-state index < -0.39 is 5.60 Å². The molecule has 2 fully saturated rings. The molecule has 2 rings (SSSR count). The highest BCUT2D eigenvalue weighted by Crippen LogP contribution is 2.32. The average molecular weight is 282 g/mol. The van der Waals surface area contributed by atoms with Crippen molar-refractivity contribution in [2.75, 3.05) is 6.54 Å². The maximum Gasteiger partial charge on any atom is 0.407 e. The zero-order chi connectivity index (χ0) is 14.6. The Labute approximate surface area is 123 Å². The first-order valence-electron chi connectivity index (χ1n) is 8.15. The lowest BCUT2D eigenvalue weighted by molar-refractivity contribution is 0.0488. The normalized spacial score (nSPS) is 27.1. The number of rotatable bonds is 5. The van der Waals surface area contributed by atoms with E-state index >= 15 is 0 Å². The van der Waals surface area contributed by atoms with Crippen LogP contribution >= 0.6 is 0 Å². The van der Waals surface area contributed by atoms with E-state index in [-0.39, 0.29) is 12.1 Å². The van der Waals surface area contributed by atoms with Crippen LogP contribution in [0.3, 0.4) is 0 Å². The molecular formula is C16H30N2O2. The van der Waals surface area contributed by atoms with Gasteiger partial charge in [0.15, 0.2) is 0 Å².